The van der Waals surface area contributed by atoms with Gasteiger partial charge in [-0.25, -0.2) is 4.99 Å². The Kier molecular flexibility index (Phi) is 6.50. The van der Waals surface area contributed by atoms with Crippen molar-refractivity contribution in [2.24, 2.45) is 10.7 Å². The lowest BCUT2D eigenvalue weighted by Crippen LogP contribution is -2.37. The van der Waals surface area contributed by atoms with Gasteiger partial charge in [0.15, 0.2) is 5.96 Å². The van der Waals surface area contributed by atoms with Crippen molar-refractivity contribution in [1.82, 2.24) is 4.90 Å². The van der Waals surface area contributed by atoms with Crippen molar-refractivity contribution in [2.45, 2.75) is 26.9 Å². The first-order valence-electron chi connectivity index (χ1n) is 6.53. The van der Waals surface area contributed by atoms with Crippen LogP contribution in [0.1, 0.15) is 20.8 Å². The third-order valence-electron chi connectivity index (χ3n) is 2.75. The number of guanidine groups is 1. The first-order valence-corrected chi connectivity index (χ1v) is 6.91. The Balaban J connectivity index is 2.49. The van der Waals surface area contributed by atoms with E-state index in [9.17, 15) is 0 Å². The molecule has 0 aliphatic carbocycles. The third kappa shape index (κ3) is 5.39. The standard InChI is InChI=1S/C14H22ClN3O/c1-4-18(5-2)14(16)17-10-11(3)19-13-8-6-12(15)7-9-13/h6-9,11H,4-5,10H2,1-3H3,(H2,16,17). The van der Waals surface area contributed by atoms with Gasteiger partial charge in [-0.1, -0.05) is 11.6 Å². The van der Waals surface area contributed by atoms with Crippen molar-refractivity contribution in [3.8, 4) is 5.75 Å². The summed E-state index contributed by atoms with van der Waals surface area (Å²) in [6.07, 6.45) is -0.0321. The molecule has 1 atom stereocenters. The first kappa shape index (κ1) is 15.6. The van der Waals surface area contributed by atoms with E-state index < -0.39 is 0 Å². The van der Waals surface area contributed by atoms with Gasteiger partial charge in [0.05, 0.1) is 6.54 Å². The lowest BCUT2D eigenvalue weighted by Gasteiger charge is -2.20. The van der Waals surface area contributed by atoms with Crippen LogP contribution in [0, 0.1) is 0 Å². The lowest BCUT2D eigenvalue weighted by atomic mass is 10.3. The van der Waals surface area contributed by atoms with Gasteiger partial charge in [0.2, 0.25) is 0 Å². The topological polar surface area (TPSA) is 50.8 Å². The van der Waals surface area contributed by atoms with Gasteiger partial charge in [-0.2, -0.15) is 0 Å². The van der Waals surface area contributed by atoms with Crippen LogP contribution in [0.2, 0.25) is 5.02 Å². The van der Waals surface area contributed by atoms with Crippen LogP contribution in [0.5, 0.6) is 5.75 Å². The predicted octanol–water partition coefficient (Wildman–Crippen LogP) is 2.76. The Morgan fingerprint density at radius 2 is 1.89 bits per heavy atom. The Morgan fingerprint density at radius 1 is 1.32 bits per heavy atom. The zero-order chi connectivity index (χ0) is 14.3. The molecule has 0 fully saturated rings. The monoisotopic (exact) mass is 283 g/mol. The van der Waals surface area contributed by atoms with Crippen LogP contribution in [0.4, 0.5) is 0 Å². The normalized spacial score (nSPS) is 13.2. The number of halogens is 1. The highest BCUT2D eigenvalue weighted by atomic mass is 35.5. The number of benzene rings is 1. The van der Waals surface area contributed by atoms with E-state index in [4.69, 9.17) is 22.1 Å². The van der Waals surface area contributed by atoms with Gasteiger partial charge >= 0.3 is 0 Å². The molecule has 0 saturated heterocycles. The van der Waals surface area contributed by atoms with Gasteiger partial charge in [-0.3, -0.25) is 0 Å². The van der Waals surface area contributed by atoms with E-state index in [0.29, 0.717) is 17.5 Å². The van der Waals surface area contributed by atoms with Crippen LogP contribution >= 0.6 is 11.6 Å². The number of nitrogens with two attached hydrogens (primary N) is 1. The number of aliphatic imine (C=N–C) groups is 1. The average molecular weight is 284 g/mol. The summed E-state index contributed by atoms with van der Waals surface area (Å²) in [6.45, 7) is 8.33. The number of ether oxygens (including phenoxy) is 1. The summed E-state index contributed by atoms with van der Waals surface area (Å²) in [6, 6.07) is 7.29. The molecule has 1 aromatic carbocycles. The van der Waals surface area contributed by atoms with Crippen molar-refractivity contribution in [2.75, 3.05) is 19.6 Å². The molecule has 5 heteroatoms. The molecule has 0 aliphatic rings. The van der Waals surface area contributed by atoms with Crippen LogP contribution in [0.3, 0.4) is 0 Å². The Bertz CT molecular complexity index is 402. The van der Waals surface area contributed by atoms with Crippen LogP contribution in [-0.4, -0.2) is 36.6 Å². The minimum Gasteiger partial charge on any atom is -0.489 e. The summed E-state index contributed by atoms with van der Waals surface area (Å²) in [5.41, 5.74) is 5.90. The average Bonchev–Trinajstić information content (AvgIpc) is 2.40. The molecule has 2 N–H and O–H groups in total. The van der Waals surface area contributed by atoms with Crippen LogP contribution in [0.15, 0.2) is 29.3 Å². The Hall–Kier alpha value is -1.42. The second kappa shape index (κ2) is 7.89. The van der Waals surface area contributed by atoms with E-state index in [-0.39, 0.29) is 6.10 Å². The van der Waals surface area contributed by atoms with Gasteiger partial charge in [0.1, 0.15) is 11.9 Å². The maximum Gasteiger partial charge on any atom is 0.191 e. The smallest absolute Gasteiger partial charge is 0.191 e. The molecule has 19 heavy (non-hydrogen) atoms. The van der Waals surface area contributed by atoms with Crippen molar-refractivity contribution < 1.29 is 4.74 Å². The second-order valence-electron chi connectivity index (χ2n) is 4.25. The van der Waals surface area contributed by atoms with E-state index in [1.807, 2.05) is 24.0 Å². The zero-order valence-corrected chi connectivity index (χ0v) is 12.5. The molecule has 0 saturated carbocycles. The second-order valence-corrected chi connectivity index (χ2v) is 4.69. The number of nitrogens with zero attached hydrogens (tertiary/aromatic N) is 2. The van der Waals surface area contributed by atoms with E-state index >= 15 is 0 Å². The summed E-state index contributed by atoms with van der Waals surface area (Å²) in [7, 11) is 0. The highest BCUT2D eigenvalue weighted by Gasteiger charge is 2.06. The first-order chi connectivity index (χ1) is 9.06. The van der Waals surface area contributed by atoms with Gasteiger partial charge in [0, 0.05) is 18.1 Å². The fraction of sp³-hybridized carbons (Fsp3) is 0.500. The van der Waals surface area contributed by atoms with Gasteiger partial charge in [0.25, 0.3) is 0 Å². The third-order valence-corrected chi connectivity index (χ3v) is 3.00. The van der Waals surface area contributed by atoms with Crippen molar-refractivity contribution >= 4 is 17.6 Å². The molecule has 0 spiro atoms. The van der Waals surface area contributed by atoms with E-state index in [1.165, 1.54) is 0 Å². The van der Waals surface area contributed by atoms with Crippen LogP contribution in [0.25, 0.3) is 0 Å². The minimum absolute atomic E-state index is 0.0321. The molecule has 1 aromatic rings. The van der Waals surface area contributed by atoms with Crippen LogP contribution in [-0.2, 0) is 0 Å². The van der Waals surface area contributed by atoms with Gasteiger partial charge < -0.3 is 15.4 Å². The molecular formula is C14H22ClN3O. The zero-order valence-electron chi connectivity index (χ0n) is 11.8. The van der Waals surface area contributed by atoms with Gasteiger partial charge in [-0.05, 0) is 45.0 Å². The molecule has 1 rings (SSSR count). The van der Waals surface area contributed by atoms with Crippen LogP contribution < -0.4 is 10.5 Å². The molecule has 1 unspecified atom stereocenters. The van der Waals surface area contributed by atoms with Crippen molar-refractivity contribution in [1.29, 1.82) is 0 Å². The molecule has 0 bridgehead atoms. The fourth-order valence-electron chi connectivity index (χ4n) is 1.65. The number of hydrogen-bond donors (Lipinski definition) is 1. The molecule has 0 heterocycles. The summed E-state index contributed by atoms with van der Waals surface area (Å²) in [4.78, 5) is 6.36. The Labute approximate surface area is 120 Å². The largest absolute Gasteiger partial charge is 0.489 e. The molecule has 4 nitrogen and oxygen atoms in total. The molecule has 0 radical (unpaired) electrons. The summed E-state index contributed by atoms with van der Waals surface area (Å²) in [5, 5.41) is 0.698. The quantitative estimate of drug-likeness (QED) is 0.645. The number of hydrogen-bond acceptors (Lipinski definition) is 2. The fourth-order valence-corrected chi connectivity index (χ4v) is 1.78. The highest BCUT2D eigenvalue weighted by Crippen LogP contribution is 2.16. The molecule has 0 aliphatic heterocycles. The lowest BCUT2D eigenvalue weighted by molar-refractivity contribution is 0.229. The summed E-state index contributed by atoms with van der Waals surface area (Å²) >= 11 is 5.82. The molecule has 0 amide bonds. The predicted molar refractivity (Wildman–Crippen MR) is 81.0 cm³/mol. The summed E-state index contributed by atoms with van der Waals surface area (Å²) in [5.74, 6) is 1.35. The maximum absolute atomic E-state index is 5.90. The van der Waals surface area contributed by atoms with Crippen molar-refractivity contribution in [3.05, 3.63) is 29.3 Å². The van der Waals surface area contributed by atoms with Crippen molar-refractivity contribution in [3.63, 3.8) is 0 Å². The van der Waals surface area contributed by atoms with E-state index in [1.54, 1.807) is 12.1 Å². The SMILES string of the molecule is CCN(CC)C(N)=NCC(C)Oc1ccc(Cl)cc1. The summed E-state index contributed by atoms with van der Waals surface area (Å²) < 4.78 is 5.73. The minimum atomic E-state index is -0.0321. The maximum atomic E-state index is 5.90. The number of rotatable bonds is 6. The molecule has 0 aromatic heterocycles. The molecular weight excluding hydrogens is 262 g/mol. The van der Waals surface area contributed by atoms with Gasteiger partial charge in [-0.15, -0.1) is 0 Å². The van der Waals surface area contributed by atoms with E-state index in [0.717, 1.165) is 18.8 Å². The highest BCUT2D eigenvalue weighted by molar-refractivity contribution is 6.30. The molecule has 106 valence electrons. The van der Waals surface area contributed by atoms with E-state index in [2.05, 4.69) is 18.8 Å². The Morgan fingerprint density at radius 3 is 2.42 bits per heavy atom.